The Bertz CT molecular complexity index is 1110. The molecule has 0 aliphatic carbocycles. The van der Waals surface area contributed by atoms with Crippen molar-refractivity contribution in [3.05, 3.63) is 145 Å². The molecule has 0 amide bonds. The van der Waals surface area contributed by atoms with Crippen molar-refractivity contribution >= 4 is 12.6 Å². The Morgan fingerprint density at radius 2 is 0.771 bits per heavy atom. The van der Waals surface area contributed by atoms with Gasteiger partial charge in [-0.2, -0.15) is 0 Å². The lowest BCUT2D eigenvalue weighted by molar-refractivity contribution is 0.425. The summed E-state index contributed by atoms with van der Waals surface area (Å²) in [7, 11) is -1.46. The molecule has 5 rings (SSSR count). The van der Waals surface area contributed by atoms with Gasteiger partial charge >= 0.3 is 7.12 Å². The largest absolute Gasteiger partial charge is 0.508 e. The smallest absolute Gasteiger partial charge is 0.488 e. The fourth-order valence-electron chi connectivity index (χ4n) is 3.47. The average molecular weight is 460 g/mol. The Labute approximate surface area is 207 Å². The molecular formula is C31H29BO3. The lowest BCUT2D eigenvalue weighted by Crippen LogP contribution is -2.31. The molecule has 3 nitrogen and oxygen atoms in total. The van der Waals surface area contributed by atoms with Crippen molar-refractivity contribution in [3.8, 4) is 28.0 Å². The minimum Gasteiger partial charge on any atom is -0.508 e. The van der Waals surface area contributed by atoms with Gasteiger partial charge in [0.1, 0.15) is 5.75 Å². The van der Waals surface area contributed by atoms with E-state index in [0.717, 1.165) is 0 Å². The van der Waals surface area contributed by atoms with Gasteiger partial charge in [0, 0.05) is 0 Å². The first-order valence-electron chi connectivity index (χ1n) is 11.4. The zero-order chi connectivity index (χ0) is 24.9. The molecule has 0 saturated heterocycles. The fourth-order valence-corrected chi connectivity index (χ4v) is 3.47. The Balaban J connectivity index is 0.000000147. The second kappa shape index (κ2) is 13.6. The highest BCUT2D eigenvalue weighted by molar-refractivity contribution is 6.59. The van der Waals surface area contributed by atoms with E-state index in [0.29, 0.717) is 11.0 Å². The minimum absolute atomic E-state index is 0.131. The standard InChI is InChI=1S/2C12H10.C7H9BO3/c2*1-3-7-11(8-4-1)12-9-5-2-6-10-12;1-5-4-6(9)2-3-7(5)8(10)11/h2*1-10H;2-4,9-11H,1H3. The first-order chi connectivity index (χ1) is 17.0. The zero-order valence-corrected chi connectivity index (χ0v) is 19.7. The van der Waals surface area contributed by atoms with Gasteiger partial charge in [-0.25, -0.2) is 0 Å². The zero-order valence-electron chi connectivity index (χ0n) is 19.7. The van der Waals surface area contributed by atoms with Gasteiger partial charge in [0.25, 0.3) is 0 Å². The number of phenols is 1. The van der Waals surface area contributed by atoms with Crippen LogP contribution in [0.1, 0.15) is 5.56 Å². The van der Waals surface area contributed by atoms with Crippen molar-refractivity contribution in [1.29, 1.82) is 0 Å². The molecule has 0 saturated carbocycles. The molecule has 4 heteroatoms. The molecule has 0 aliphatic rings. The first kappa shape index (κ1) is 25.5. The van der Waals surface area contributed by atoms with E-state index in [1.54, 1.807) is 6.92 Å². The van der Waals surface area contributed by atoms with Crippen LogP contribution in [-0.2, 0) is 0 Å². The maximum absolute atomic E-state index is 8.96. The third-order valence-corrected chi connectivity index (χ3v) is 5.29. The van der Waals surface area contributed by atoms with E-state index >= 15 is 0 Å². The topological polar surface area (TPSA) is 60.7 Å². The van der Waals surface area contributed by atoms with Crippen LogP contribution in [0.25, 0.3) is 22.3 Å². The van der Waals surface area contributed by atoms with E-state index in [-0.39, 0.29) is 5.75 Å². The number of aryl methyl sites for hydroxylation is 1. The lowest BCUT2D eigenvalue weighted by Gasteiger charge is -2.03. The van der Waals surface area contributed by atoms with Crippen LogP contribution in [0.2, 0.25) is 0 Å². The van der Waals surface area contributed by atoms with Crippen LogP contribution in [0, 0.1) is 6.92 Å². The van der Waals surface area contributed by atoms with Gasteiger partial charge in [-0.3, -0.25) is 0 Å². The van der Waals surface area contributed by atoms with Crippen molar-refractivity contribution in [1.82, 2.24) is 0 Å². The summed E-state index contributed by atoms with van der Waals surface area (Å²) in [5.74, 6) is 0.131. The molecule has 5 aromatic carbocycles. The maximum atomic E-state index is 8.96. The summed E-state index contributed by atoms with van der Waals surface area (Å²) >= 11 is 0. The van der Waals surface area contributed by atoms with E-state index < -0.39 is 7.12 Å². The third kappa shape index (κ3) is 8.31. The van der Waals surface area contributed by atoms with Gasteiger partial charge in [0.2, 0.25) is 0 Å². The average Bonchev–Trinajstić information content (AvgIpc) is 2.91. The van der Waals surface area contributed by atoms with Crippen LogP contribution in [-0.4, -0.2) is 22.3 Å². The van der Waals surface area contributed by atoms with Gasteiger partial charge in [-0.15, -0.1) is 0 Å². The molecule has 0 spiro atoms. The molecule has 0 aromatic heterocycles. The van der Waals surface area contributed by atoms with Crippen LogP contribution >= 0.6 is 0 Å². The summed E-state index contributed by atoms with van der Waals surface area (Å²) in [6, 6.07) is 45.9. The molecule has 0 heterocycles. The van der Waals surface area contributed by atoms with Gasteiger partial charge < -0.3 is 15.2 Å². The SMILES string of the molecule is Cc1cc(O)ccc1B(O)O.c1ccc(-c2ccccc2)cc1.c1ccc(-c2ccccc2)cc1. The van der Waals surface area contributed by atoms with Crippen LogP contribution in [0.3, 0.4) is 0 Å². The van der Waals surface area contributed by atoms with E-state index in [2.05, 4.69) is 97.1 Å². The Kier molecular flexibility index (Phi) is 9.88. The van der Waals surface area contributed by atoms with Gasteiger partial charge in [0.15, 0.2) is 0 Å². The van der Waals surface area contributed by atoms with E-state index in [1.807, 2.05) is 24.3 Å². The normalized spacial score (nSPS) is 9.69. The number of rotatable bonds is 3. The molecule has 0 aliphatic heterocycles. The predicted molar refractivity (Wildman–Crippen MR) is 146 cm³/mol. The third-order valence-electron chi connectivity index (χ3n) is 5.29. The summed E-state index contributed by atoms with van der Waals surface area (Å²) in [6.45, 7) is 1.70. The van der Waals surface area contributed by atoms with Gasteiger partial charge in [-0.1, -0.05) is 127 Å². The lowest BCUT2D eigenvalue weighted by atomic mass is 9.77. The number of benzene rings is 5. The number of hydrogen-bond acceptors (Lipinski definition) is 3. The van der Waals surface area contributed by atoms with Crippen LogP contribution in [0.4, 0.5) is 0 Å². The quantitative estimate of drug-likeness (QED) is 0.286. The molecule has 0 atom stereocenters. The predicted octanol–water partition coefficient (Wildman–Crippen LogP) is 6.09. The molecule has 0 bridgehead atoms. The number of aromatic hydroxyl groups is 1. The van der Waals surface area contributed by atoms with Crippen LogP contribution < -0.4 is 5.46 Å². The van der Waals surface area contributed by atoms with Gasteiger partial charge in [0.05, 0.1) is 0 Å². The van der Waals surface area contributed by atoms with E-state index in [9.17, 15) is 0 Å². The summed E-state index contributed by atoms with van der Waals surface area (Å²) < 4.78 is 0. The summed E-state index contributed by atoms with van der Waals surface area (Å²) in [5, 5.41) is 26.5. The highest BCUT2D eigenvalue weighted by Gasteiger charge is 2.13. The van der Waals surface area contributed by atoms with Crippen molar-refractivity contribution in [2.45, 2.75) is 6.92 Å². The first-order valence-corrected chi connectivity index (χ1v) is 11.4. The Hall–Kier alpha value is -4.12. The highest BCUT2D eigenvalue weighted by Crippen LogP contribution is 2.18. The van der Waals surface area contributed by atoms with Crippen LogP contribution in [0.15, 0.2) is 140 Å². The highest BCUT2D eigenvalue weighted by atomic mass is 16.4. The van der Waals surface area contributed by atoms with E-state index in [4.69, 9.17) is 15.2 Å². The van der Waals surface area contributed by atoms with Crippen molar-refractivity contribution in [2.24, 2.45) is 0 Å². The molecular weight excluding hydrogens is 431 g/mol. The monoisotopic (exact) mass is 460 g/mol. The molecule has 0 fully saturated rings. The van der Waals surface area contributed by atoms with Crippen LogP contribution in [0.5, 0.6) is 5.75 Å². The summed E-state index contributed by atoms with van der Waals surface area (Å²) in [5.41, 5.74) is 6.19. The Morgan fingerprint density at radius 1 is 0.457 bits per heavy atom. The van der Waals surface area contributed by atoms with Crippen molar-refractivity contribution in [2.75, 3.05) is 0 Å². The molecule has 5 aromatic rings. The number of hydrogen-bond donors (Lipinski definition) is 3. The molecule has 3 N–H and O–H groups in total. The summed E-state index contributed by atoms with van der Waals surface area (Å²) in [4.78, 5) is 0. The number of phenolic OH excluding ortho intramolecular Hbond substituents is 1. The minimum atomic E-state index is -1.46. The molecule has 174 valence electrons. The van der Waals surface area contributed by atoms with Crippen molar-refractivity contribution in [3.63, 3.8) is 0 Å². The van der Waals surface area contributed by atoms with Gasteiger partial charge in [-0.05, 0) is 52.3 Å². The molecule has 35 heavy (non-hydrogen) atoms. The molecule has 0 unspecified atom stereocenters. The second-order valence-corrected chi connectivity index (χ2v) is 7.88. The van der Waals surface area contributed by atoms with Crippen molar-refractivity contribution < 1.29 is 15.2 Å². The summed E-state index contributed by atoms with van der Waals surface area (Å²) in [6.07, 6.45) is 0. The van der Waals surface area contributed by atoms with E-state index in [1.165, 1.54) is 40.5 Å². The Morgan fingerprint density at radius 3 is 1.03 bits per heavy atom. The fraction of sp³-hybridized carbons (Fsp3) is 0.0323. The maximum Gasteiger partial charge on any atom is 0.488 e. The molecule has 0 radical (unpaired) electrons. The second-order valence-electron chi connectivity index (χ2n) is 7.88.